The number of nitrogens with zero attached hydrogens (tertiary/aromatic N) is 4. The molecule has 5 rings (SSSR count). The van der Waals surface area contributed by atoms with Gasteiger partial charge in [0.25, 0.3) is 11.4 Å². The van der Waals surface area contributed by atoms with E-state index < -0.39 is 9.85 Å². The molecule has 5 N–H and O–H groups in total. The fourth-order valence-corrected chi connectivity index (χ4v) is 6.64. The first-order valence-electron chi connectivity index (χ1n) is 17.0. The number of aliphatic hydroxyl groups excluding tert-OH is 1. The number of nitro benzene ring substituents is 2. The van der Waals surface area contributed by atoms with Crippen molar-refractivity contribution in [3.8, 4) is 22.5 Å². The number of Topliss-reactive ketones (excluding diaryl/α,β-unsaturated/α-hetero) is 1. The number of ketones is 1. The van der Waals surface area contributed by atoms with Crippen LogP contribution in [0, 0.1) is 26.1 Å². The zero-order chi connectivity index (χ0) is 43.6. The molecule has 2 heterocycles. The molecule has 0 bridgehead atoms. The molecule has 0 unspecified atom stereocenters. The highest BCUT2D eigenvalue weighted by atomic mass is 79.9. The van der Waals surface area contributed by atoms with Crippen LogP contribution in [-0.4, -0.2) is 47.6 Å². The summed E-state index contributed by atoms with van der Waals surface area (Å²) in [5, 5.41) is 35.9. The lowest BCUT2D eigenvalue weighted by atomic mass is 10.1. The molecular formula is C38H44BrCl3N6O6S3. The molecule has 0 saturated heterocycles. The van der Waals surface area contributed by atoms with Crippen molar-refractivity contribution in [2.24, 2.45) is 11.7 Å². The number of nitrogens with two attached hydrogens (primary N) is 2. The molecule has 0 fully saturated rings. The average molecular weight is 963 g/mol. The highest BCUT2D eigenvalue weighted by molar-refractivity contribution is 9.09. The third-order valence-corrected chi connectivity index (χ3v) is 11.1. The van der Waals surface area contributed by atoms with Crippen LogP contribution in [-0.2, 0) is 0 Å². The largest absolute Gasteiger partial charge is 0.399 e. The second kappa shape index (κ2) is 25.7. The van der Waals surface area contributed by atoms with Gasteiger partial charge in [0.2, 0.25) is 0 Å². The molecule has 3 aromatic carbocycles. The Morgan fingerprint density at radius 3 is 1.51 bits per heavy atom. The molecule has 0 aliphatic carbocycles. The summed E-state index contributed by atoms with van der Waals surface area (Å²) in [6.07, 6.45) is 0. The van der Waals surface area contributed by atoms with Crippen LogP contribution in [0.1, 0.15) is 80.7 Å². The molecule has 0 radical (unpaired) electrons. The molecule has 5 aromatic rings. The van der Waals surface area contributed by atoms with Gasteiger partial charge in [-0.05, 0) is 37.3 Å². The van der Waals surface area contributed by atoms with Crippen LogP contribution in [0.5, 0.6) is 0 Å². The number of carbonyl (C=O) groups excluding carboxylic acids is 1. The van der Waals surface area contributed by atoms with Crippen molar-refractivity contribution >= 4 is 113 Å². The minimum atomic E-state index is -0.561. The van der Waals surface area contributed by atoms with Gasteiger partial charge in [-0.3, -0.25) is 25.0 Å². The maximum absolute atomic E-state index is 11.2. The van der Waals surface area contributed by atoms with Crippen LogP contribution in [0.15, 0.2) is 65.4 Å². The highest BCUT2D eigenvalue weighted by Crippen LogP contribution is 2.34. The van der Waals surface area contributed by atoms with Gasteiger partial charge in [-0.15, -0.1) is 22.7 Å². The number of hydrogen-bond donors (Lipinski definition) is 3. The number of nitro groups is 2. The van der Waals surface area contributed by atoms with E-state index in [1.807, 2.05) is 36.7 Å². The van der Waals surface area contributed by atoms with Gasteiger partial charge >= 0.3 is 0 Å². The van der Waals surface area contributed by atoms with Crippen molar-refractivity contribution in [1.29, 1.82) is 0 Å². The van der Waals surface area contributed by atoms with Crippen LogP contribution in [0.2, 0.25) is 15.1 Å². The molecule has 308 valence electrons. The van der Waals surface area contributed by atoms with Crippen molar-refractivity contribution in [3.63, 3.8) is 0 Å². The number of carbonyl (C=O) groups is 1. The molecular weight excluding hydrogens is 919 g/mol. The summed E-state index contributed by atoms with van der Waals surface area (Å²) in [4.78, 5) is 40.8. The Labute approximate surface area is 369 Å². The number of non-ortho nitro benzene ring substituents is 2. The molecule has 0 amide bonds. The summed E-state index contributed by atoms with van der Waals surface area (Å²) in [5.41, 5.74) is 15.0. The summed E-state index contributed by atoms with van der Waals surface area (Å²) in [6, 6.07) is 13.7. The molecule has 0 atom stereocenters. The van der Waals surface area contributed by atoms with Crippen LogP contribution >= 0.6 is 85.6 Å². The van der Waals surface area contributed by atoms with Gasteiger partial charge in [-0.25, -0.2) is 9.97 Å². The fraction of sp³-hybridized carbons (Fsp3) is 0.316. The van der Waals surface area contributed by atoms with Gasteiger partial charge in [0, 0.05) is 81.8 Å². The first-order valence-corrected chi connectivity index (χ1v) is 21.4. The van der Waals surface area contributed by atoms with E-state index in [1.54, 1.807) is 41.7 Å². The predicted octanol–water partition coefficient (Wildman–Crippen LogP) is 12.4. The number of anilines is 1. The van der Waals surface area contributed by atoms with Crippen LogP contribution in [0.25, 0.3) is 22.5 Å². The monoisotopic (exact) mass is 960 g/mol. The minimum Gasteiger partial charge on any atom is -0.399 e. The van der Waals surface area contributed by atoms with Gasteiger partial charge in [0.1, 0.15) is 0 Å². The van der Waals surface area contributed by atoms with E-state index in [2.05, 4.69) is 65.8 Å². The van der Waals surface area contributed by atoms with Crippen molar-refractivity contribution < 1.29 is 19.7 Å². The Balaban J connectivity index is 0.000000388. The lowest BCUT2D eigenvalue weighted by Crippen LogP contribution is -2.14. The Bertz CT molecular complexity index is 2110. The second-order valence-electron chi connectivity index (χ2n) is 12.5. The summed E-state index contributed by atoms with van der Waals surface area (Å²) in [5.74, 6) is 0.969. The zero-order valence-corrected chi connectivity index (χ0v) is 38.5. The Kier molecular flexibility index (Phi) is 23.2. The number of halogens is 4. The van der Waals surface area contributed by atoms with E-state index in [0.29, 0.717) is 38.5 Å². The third kappa shape index (κ3) is 17.4. The first kappa shape index (κ1) is 51.4. The third-order valence-electron chi connectivity index (χ3n) is 6.89. The van der Waals surface area contributed by atoms with Crippen molar-refractivity contribution in [1.82, 2.24) is 9.97 Å². The van der Waals surface area contributed by atoms with E-state index in [4.69, 9.17) is 51.4 Å². The number of rotatable bonds is 9. The Morgan fingerprint density at radius 2 is 1.19 bits per heavy atom. The van der Waals surface area contributed by atoms with Crippen LogP contribution in [0.3, 0.4) is 0 Å². The molecule has 57 heavy (non-hydrogen) atoms. The van der Waals surface area contributed by atoms with E-state index in [1.165, 1.54) is 24.3 Å². The molecule has 2 aromatic heterocycles. The van der Waals surface area contributed by atoms with Crippen LogP contribution < -0.4 is 11.5 Å². The van der Waals surface area contributed by atoms with E-state index in [9.17, 15) is 25.0 Å². The van der Waals surface area contributed by atoms with Gasteiger partial charge < -0.3 is 16.6 Å². The van der Waals surface area contributed by atoms with Gasteiger partial charge in [-0.1, -0.05) is 104 Å². The van der Waals surface area contributed by atoms with Gasteiger partial charge in [-0.2, -0.15) is 0 Å². The standard InChI is InChI=1S/C12H11ClN2O2S.C12H13ClN2S.C8H5BrClNO3.C4H9NS.C2H6O/c1-7(2)12-14-11(6-18-12)9-4-3-8(15(16)17)5-10(9)13;1-7(2)12-15-11(6-16-12)9-4-3-8(14)5-10(9)13;9-4-8(12)6-2-1-5(11(13)14)3-7(6)10;1-3(2)4(5)6;1-2-3/h3-7H,1-2H3;3-7H,14H2,1-2H3;1-3H,4H2;3H,1-2H3,(H2,5,6);3H,2H2,1H3. The summed E-state index contributed by atoms with van der Waals surface area (Å²) in [7, 11) is 0. The Morgan fingerprint density at radius 1 is 0.807 bits per heavy atom. The predicted molar refractivity (Wildman–Crippen MR) is 245 cm³/mol. The summed E-state index contributed by atoms with van der Waals surface area (Å²) in [6.45, 7) is 14.3. The van der Waals surface area contributed by atoms with Crippen molar-refractivity contribution in [2.75, 3.05) is 17.7 Å². The van der Waals surface area contributed by atoms with Crippen molar-refractivity contribution in [2.45, 2.75) is 60.3 Å². The van der Waals surface area contributed by atoms with E-state index >= 15 is 0 Å². The van der Waals surface area contributed by atoms with Crippen molar-refractivity contribution in [3.05, 3.63) is 116 Å². The molecule has 0 aliphatic rings. The van der Waals surface area contributed by atoms with Gasteiger partial charge in [0.15, 0.2) is 5.78 Å². The Hall–Kier alpha value is -3.61. The molecule has 19 heteroatoms. The lowest BCUT2D eigenvalue weighted by molar-refractivity contribution is -0.385. The lowest BCUT2D eigenvalue weighted by Gasteiger charge is -2.02. The summed E-state index contributed by atoms with van der Waals surface area (Å²) < 4.78 is 0. The molecule has 0 aliphatic heterocycles. The normalized spacial score (nSPS) is 10.2. The smallest absolute Gasteiger partial charge is 0.270 e. The number of nitrogen functional groups attached to an aromatic ring is 1. The van der Waals surface area contributed by atoms with E-state index in [0.717, 1.165) is 38.6 Å². The maximum atomic E-state index is 11.2. The van der Waals surface area contributed by atoms with Gasteiger partial charge in [0.05, 0.1) is 56.6 Å². The molecule has 0 spiro atoms. The SMILES string of the molecule is CC(C)C(N)=S.CC(C)c1nc(-c2ccc(N)cc2Cl)cs1.CC(C)c1nc(-c2ccc([N+](=O)[O-])cc2Cl)cs1.CCO.O=C(CBr)c1ccc([N+](=O)[O-])cc1Cl. The number of thiazole rings is 2. The zero-order valence-electron chi connectivity index (χ0n) is 32.2. The number of aromatic nitrogens is 2. The quantitative estimate of drug-likeness (QED) is 0.0317. The fourth-order valence-electron chi connectivity index (χ4n) is 3.83. The minimum absolute atomic E-state index is 0.0111. The maximum Gasteiger partial charge on any atom is 0.270 e. The number of alkyl halides is 1. The molecule has 0 saturated carbocycles. The number of hydrogen-bond acceptors (Lipinski definition) is 12. The summed E-state index contributed by atoms with van der Waals surface area (Å²) >= 11 is 28.7. The number of benzene rings is 3. The first-order chi connectivity index (χ1) is 26.7. The average Bonchev–Trinajstić information content (AvgIpc) is 3.84. The topological polar surface area (TPSA) is 201 Å². The van der Waals surface area contributed by atoms with E-state index in [-0.39, 0.29) is 39.7 Å². The number of thiocarbonyl (C=S) groups is 1. The number of aliphatic hydroxyl groups is 1. The molecule has 12 nitrogen and oxygen atoms in total. The second-order valence-corrected chi connectivity index (χ2v) is 16.5. The highest BCUT2D eigenvalue weighted by Gasteiger charge is 2.15. The van der Waals surface area contributed by atoms with Crippen LogP contribution in [0.4, 0.5) is 17.1 Å².